The van der Waals surface area contributed by atoms with Crippen molar-refractivity contribution in [2.24, 2.45) is 0 Å². The zero-order valence-corrected chi connectivity index (χ0v) is 12.1. The molecule has 0 fully saturated rings. The molecule has 0 aliphatic heterocycles. The third kappa shape index (κ3) is 3.69. The van der Waals surface area contributed by atoms with Crippen molar-refractivity contribution in [1.29, 1.82) is 0 Å². The SMILES string of the molecule is O=C(Oc1ccc(Cl)c(Cl)c1)c1cc(F)ccc1C(F)(F)F. The van der Waals surface area contributed by atoms with Crippen molar-refractivity contribution in [3.63, 3.8) is 0 Å². The molecule has 0 amide bonds. The number of carbonyl (C=O) groups excluding carboxylic acids is 1. The minimum absolute atomic E-state index is 0.0576. The van der Waals surface area contributed by atoms with Crippen LogP contribution in [0.3, 0.4) is 0 Å². The van der Waals surface area contributed by atoms with Gasteiger partial charge in [0.15, 0.2) is 0 Å². The van der Waals surface area contributed by atoms with Crippen molar-refractivity contribution in [1.82, 2.24) is 0 Å². The number of rotatable bonds is 2. The van der Waals surface area contributed by atoms with E-state index in [1.54, 1.807) is 0 Å². The molecule has 2 nitrogen and oxygen atoms in total. The van der Waals surface area contributed by atoms with Crippen LogP contribution in [0.25, 0.3) is 0 Å². The van der Waals surface area contributed by atoms with E-state index in [1.165, 1.54) is 12.1 Å². The van der Waals surface area contributed by atoms with Gasteiger partial charge in [0.1, 0.15) is 11.6 Å². The molecule has 0 heterocycles. The van der Waals surface area contributed by atoms with Gasteiger partial charge in [-0.2, -0.15) is 13.2 Å². The highest BCUT2D eigenvalue weighted by Gasteiger charge is 2.36. The van der Waals surface area contributed by atoms with Gasteiger partial charge in [-0.25, -0.2) is 9.18 Å². The average molecular weight is 353 g/mol. The van der Waals surface area contributed by atoms with Gasteiger partial charge in [0.25, 0.3) is 0 Å². The Labute approximate surface area is 132 Å². The lowest BCUT2D eigenvalue weighted by Crippen LogP contribution is -2.17. The Morgan fingerprint density at radius 1 is 1.00 bits per heavy atom. The maximum atomic E-state index is 13.1. The topological polar surface area (TPSA) is 26.3 Å². The number of halogens is 6. The standard InChI is InChI=1S/C14H6Cl2F4O2/c15-11-4-2-8(6-12(11)16)22-13(21)9-5-7(17)1-3-10(9)14(18,19)20/h1-6H. The van der Waals surface area contributed by atoms with Gasteiger partial charge < -0.3 is 4.74 Å². The van der Waals surface area contributed by atoms with E-state index in [2.05, 4.69) is 0 Å². The Kier molecular flexibility index (Phi) is 4.63. The van der Waals surface area contributed by atoms with Crippen LogP contribution in [0.1, 0.15) is 15.9 Å². The molecule has 0 bridgehead atoms. The van der Waals surface area contributed by atoms with E-state index in [9.17, 15) is 22.4 Å². The van der Waals surface area contributed by atoms with Crippen LogP contribution in [0, 0.1) is 5.82 Å². The molecule has 8 heteroatoms. The van der Waals surface area contributed by atoms with Crippen LogP contribution in [0.2, 0.25) is 10.0 Å². The van der Waals surface area contributed by atoms with E-state index in [0.29, 0.717) is 18.2 Å². The van der Waals surface area contributed by atoms with Crippen LogP contribution in [-0.4, -0.2) is 5.97 Å². The fourth-order valence-electron chi connectivity index (χ4n) is 1.63. The summed E-state index contributed by atoms with van der Waals surface area (Å²) in [4.78, 5) is 11.9. The van der Waals surface area contributed by atoms with Crippen LogP contribution in [-0.2, 0) is 6.18 Å². The third-order valence-electron chi connectivity index (χ3n) is 2.61. The highest BCUT2D eigenvalue weighted by molar-refractivity contribution is 6.42. The van der Waals surface area contributed by atoms with Crippen molar-refractivity contribution >= 4 is 29.2 Å². The normalized spacial score (nSPS) is 11.4. The Hall–Kier alpha value is -1.79. The number of hydrogen-bond donors (Lipinski definition) is 0. The van der Waals surface area contributed by atoms with Crippen molar-refractivity contribution < 1.29 is 27.1 Å². The highest BCUT2D eigenvalue weighted by atomic mass is 35.5. The summed E-state index contributed by atoms with van der Waals surface area (Å²) in [5.74, 6) is -2.46. The van der Waals surface area contributed by atoms with Gasteiger partial charge in [0, 0.05) is 6.07 Å². The maximum Gasteiger partial charge on any atom is 0.417 e. The molecule has 0 aliphatic carbocycles. The van der Waals surface area contributed by atoms with E-state index in [0.717, 1.165) is 6.07 Å². The lowest BCUT2D eigenvalue weighted by Gasteiger charge is -2.12. The lowest BCUT2D eigenvalue weighted by atomic mass is 10.1. The summed E-state index contributed by atoms with van der Waals surface area (Å²) >= 11 is 11.4. The summed E-state index contributed by atoms with van der Waals surface area (Å²) in [5.41, 5.74) is -2.22. The molecule has 0 N–H and O–H groups in total. The van der Waals surface area contributed by atoms with Gasteiger partial charge in [-0.15, -0.1) is 0 Å². The number of alkyl halides is 3. The van der Waals surface area contributed by atoms with E-state index in [-0.39, 0.29) is 15.8 Å². The quantitative estimate of drug-likeness (QED) is 0.412. The van der Waals surface area contributed by atoms with Crippen LogP contribution in [0.4, 0.5) is 17.6 Å². The first-order valence-corrected chi connectivity index (χ1v) is 6.48. The number of esters is 1. The first kappa shape index (κ1) is 16.6. The lowest BCUT2D eigenvalue weighted by molar-refractivity contribution is -0.138. The fourth-order valence-corrected chi connectivity index (χ4v) is 1.92. The molecule has 0 aromatic heterocycles. The van der Waals surface area contributed by atoms with E-state index >= 15 is 0 Å². The molecule has 0 unspecified atom stereocenters. The second kappa shape index (κ2) is 6.14. The Morgan fingerprint density at radius 2 is 1.68 bits per heavy atom. The first-order chi connectivity index (χ1) is 10.2. The summed E-state index contributed by atoms with van der Waals surface area (Å²) in [7, 11) is 0. The predicted molar refractivity (Wildman–Crippen MR) is 72.8 cm³/mol. The molecule has 2 aromatic carbocycles. The van der Waals surface area contributed by atoms with Crippen molar-refractivity contribution in [3.8, 4) is 5.75 Å². The second-order valence-electron chi connectivity index (χ2n) is 4.15. The summed E-state index contributed by atoms with van der Waals surface area (Å²) in [5, 5.41) is 0.241. The Balaban J connectivity index is 2.37. The van der Waals surface area contributed by atoms with Gasteiger partial charge in [-0.05, 0) is 30.3 Å². The van der Waals surface area contributed by atoms with Crippen LogP contribution in [0.15, 0.2) is 36.4 Å². The molecular formula is C14H6Cl2F4O2. The summed E-state index contributed by atoms with van der Waals surface area (Å²) in [6.07, 6.45) is -4.82. The molecule has 2 aromatic rings. The van der Waals surface area contributed by atoms with Crippen LogP contribution >= 0.6 is 23.2 Å². The summed E-state index contributed by atoms with van der Waals surface area (Å²) in [6, 6.07) is 5.26. The zero-order chi connectivity index (χ0) is 16.5. The van der Waals surface area contributed by atoms with E-state index in [4.69, 9.17) is 27.9 Å². The average Bonchev–Trinajstić information content (AvgIpc) is 2.41. The molecule has 22 heavy (non-hydrogen) atoms. The first-order valence-electron chi connectivity index (χ1n) is 5.72. The minimum atomic E-state index is -4.82. The molecule has 0 saturated carbocycles. The van der Waals surface area contributed by atoms with Crippen molar-refractivity contribution in [3.05, 3.63) is 63.4 Å². The molecular weight excluding hydrogens is 347 g/mol. The van der Waals surface area contributed by atoms with Crippen LogP contribution < -0.4 is 4.74 Å². The Bertz CT molecular complexity index is 729. The number of benzene rings is 2. The van der Waals surface area contributed by atoms with E-state index in [1.807, 2.05) is 0 Å². The highest BCUT2D eigenvalue weighted by Crippen LogP contribution is 2.33. The third-order valence-corrected chi connectivity index (χ3v) is 3.35. The largest absolute Gasteiger partial charge is 0.423 e. The molecule has 0 aliphatic rings. The molecule has 116 valence electrons. The number of ether oxygens (including phenoxy) is 1. The number of hydrogen-bond acceptors (Lipinski definition) is 2. The van der Waals surface area contributed by atoms with Gasteiger partial charge in [-0.1, -0.05) is 23.2 Å². The van der Waals surface area contributed by atoms with Gasteiger partial charge in [0.05, 0.1) is 21.2 Å². The van der Waals surface area contributed by atoms with Gasteiger partial charge in [-0.3, -0.25) is 0 Å². The monoisotopic (exact) mass is 352 g/mol. The van der Waals surface area contributed by atoms with Crippen LogP contribution in [0.5, 0.6) is 5.75 Å². The molecule has 0 radical (unpaired) electrons. The molecule has 0 atom stereocenters. The molecule has 0 saturated heterocycles. The Morgan fingerprint density at radius 3 is 2.27 bits per heavy atom. The number of carbonyl (C=O) groups is 1. The van der Waals surface area contributed by atoms with E-state index < -0.39 is 29.1 Å². The second-order valence-corrected chi connectivity index (χ2v) is 4.97. The summed E-state index contributed by atoms with van der Waals surface area (Å²) in [6.45, 7) is 0. The smallest absolute Gasteiger partial charge is 0.417 e. The minimum Gasteiger partial charge on any atom is -0.423 e. The van der Waals surface area contributed by atoms with Gasteiger partial charge in [0.2, 0.25) is 0 Å². The molecule has 2 rings (SSSR count). The maximum absolute atomic E-state index is 13.1. The fraction of sp³-hybridized carbons (Fsp3) is 0.0714. The van der Waals surface area contributed by atoms with Gasteiger partial charge >= 0.3 is 12.1 Å². The molecule has 0 spiro atoms. The summed E-state index contributed by atoms with van der Waals surface area (Å²) < 4.78 is 56.4. The van der Waals surface area contributed by atoms with Crippen molar-refractivity contribution in [2.75, 3.05) is 0 Å². The zero-order valence-electron chi connectivity index (χ0n) is 10.5. The van der Waals surface area contributed by atoms with Crippen molar-refractivity contribution in [2.45, 2.75) is 6.18 Å². The predicted octanol–water partition coefficient (Wildman–Crippen LogP) is 5.37.